The van der Waals surface area contributed by atoms with Gasteiger partial charge in [0.05, 0.1) is 42.0 Å². The van der Waals surface area contributed by atoms with E-state index < -0.39 is 11.7 Å². The molecule has 0 aliphatic carbocycles. The number of hydrogen-bond acceptors (Lipinski definition) is 9. The number of aromatic nitrogens is 3. The summed E-state index contributed by atoms with van der Waals surface area (Å²) in [5, 5.41) is 8.86. The van der Waals surface area contributed by atoms with Gasteiger partial charge < -0.3 is 30.3 Å². The second kappa shape index (κ2) is 11.3. The average Bonchev–Trinajstić information content (AvgIpc) is 2.89. The second-order valence-electron chi connectivity index (χ2n) is 8.38. The molecule has 0 radical (unpaired) electrons. The Morgan fingerprint density at radius 1 is 1.27 bits per heavy atom. The van der Waals surface area contributed by atoms with Crippen molar-refractivity contribution in [1.82, 2.24) is 25.6 Å². The first-order valence-corrected chi connectivity index (χ1v) is 11.8. The molecule has 37 heavy (non-hydrogen) atoms. The van der Waals surface area contributed by atoms with Gasteiger partial charge >= 0.3 is 0 Å². The molecule has 1 aliphatic heterocycles. The zero-order valence-corrected chi connectivity index (χ0v) is 21.6. The van der Waals surface area contributed by atoms with Crippen LogP contribution in [0.3, 0.4) is 0 Å². The van der Waals surface area contributed by atoms with E-state index in [1.165, 1.54) is 32.6 Å². The van der Waals surface area contributed by atoms with E-state index in [0.717, 1.165) is 18.1 Å². The van der Waals surface area contributed by atoms with Crippen molar-refractivity contribution < 1.29 is 18.7 Å². The Hall–Kier alpha value is -4.12. The van der Waals surface area contributed by atoms with Gasteiger partial charge in [0.25, 0.3) is 5.91 Å². The van der Waals surface area contributed by atoms with Crippen LogP contribution < -0.4 is 30.3 Å². The Morgan fingerprint density at radius 3 is 2.65 bits per heavy atom. The summed E-state index contributed by atoms with van der Waals surface area (Å²) in [4.78, 5) is 27.1. The van der Waals surface area contributed by atoms with E-state index in [9.17, 15) is 9.18 Å². The van der Waals surface area contributed by atoms with Crippen LogP contribution in [0.4, 0.5) is 21.8 Å². The third kappa shape index (κ3) is 6.00. The molecule has 0 saturated carbocycles. The maximum Gasteiger partial charge on any atom is 0.254 e. The summed E-state index contributed by atoms with van der Waals surface area (Å²) >= 11 is 6.26. The molecular weight excluding hydrogens is 501 g/mol. The number of nitrogens with one attached hydrogen (secondary N) is 3. The standard InChI is InChI=1S/C25H27ClFN7O3/c1-14-11-34(12-15(2)32-14)21-6-5-16(8-29-21)33-25-30-9-17(10-31-25)37-13-19-22(26)20(36-4)7-18(23(19)27)24(35)28-3/h5-11,15,32H,12-13H2,1-4H3,(H,28,35)(H,30,31,33)/t15-/m0/s1. The molecular formula is C25H27ClFN7O3. The van der Waals surface area contributed by atoms with Crippen molar-refractivity contribution in [1.29, 1.82) is 0 Å². The smallest absolute Gasteiger partial charge is 0.254 e. The molecule has 194 valence electrons. The first-order valence-electron chi connectivity index (χ1n) is 11.5. The van der Waals surface area contributed by atoms with Crippen molar-refractivity contribution >= 4 is 35.0 Å². The number of halogens is 2. The van der Waals surface area contributed by atoms with Gasteiger partial charge in [-0.2, -0.15) is 0 Å². The number of carbonyl (C=O) groups is 1. The lowest BCUT2D eigenvalue weighted by Gasteiger charge is -2.30. The molecule has 0 saturated heterocycles. The molecule has 10 nitrogen and oxygen atoms in total. The molecule has 1 aliphatic rings. The van der Waals surface area contributed by atoms with E-state index in [-0.39, 0.29) is 34.3 Å². The van der Waals surface area contributed by atoms with Gasteiger partial charge in [-0.25, -0.2) is 19.3 Å². The number of allylic oxidation sites excluding steroid dienone is 1. The number of ether oxygens (including phenoxy) is 2. The van der Waals surface area contributed by atoms with Gasteiger partial charge in [-0.1, -0.05) is 11.6 Å². The number of benzene rings is 1. The number of nitrogens with zero attached hydrogens (tertiary/aromatic N) is 4. The lowest BCUT2D eigenvalue weighted by atomic mass is 10.1. The molecule has 3 heterocycles. The van der Waals surface area contributed by atoms with Crippen molar-refractivity contribution in [2.45, 2.75) is 26.5 Å². The number of anilines is 3. The van der Waals surface area contributed by atoms with Crippen LogP contribution in [0.15, 0.2) is 48.7 Å². The van der Waals surface area contributed by atoms with E-state index in [0.29, 0.717) is 17.7 Å². The van der Waals surface area contributed by atoms with Crippen LogP contribution in [0.2, 0.25) is 5.02 Å². The molecule has 1 aromatic carbocycles. The van der Waals surface area contributed by atoms with E-state index in [1.54, 1.807) is 6.20 Å². The van der Waals surface area contributed by atoms with E-state index in [1.807, 2.05) is 25.3 Å². The summed E-state index contributed by atoms with van der Waals surface area (Å²) < 4.78 is 25.7. The molecule has 3 aromatic rings. The summed E-state index contributed by atoms with van der Waals surface area (Å²) in [6.45, 7) is 4.70. The monoisotopic (exact) mass is 527 g/mol. The number of rotatable bonds is 8. The van der Waals surface area contributed by atoms with Crippen LogP contribution in [0.5, 0.6) is 11.5 Å². The summed E-state index contributed by atoms with van der Waals surface area (Å²) in [6.07, 6.45) is 6.62. The number of carbonyl (C=O) groups excluding carboxylic acids is 1. The van der Waals surface area contributed by atoms with Gasteiger partial charge in [-0.3, -0.25) is 4.79 Å². The molecule has 1 amide bonds. The minimum atomic E-state index is -0.791. The highest BCUT2D eigenvalue weighted by atomic mass is 35.5. The Morgan fingerprint density at radius 2 is 2.03 bits per heavy atom. The molecule has 0 fully saturated rings. The molecule has 0 bridgehead atoms. The van der Waals surface area contributed by atoms with Crippen LogP contribution in [0.1, 0.15) is 29.8 Å². The van der Waals surface area contributed by atoms with Gasteiger partial charge in [0, 0.05) is 37.1 Å². The van der Waals surface area contributed by atoms with Crippen molar-refractivity contribution in [2.24, 2.45) is 0 Å². The van der Waals surface area contributed by atoms with Crippen LogP contribution in [0.25, 0.3) is 0 Å². The third-order valence-corrected chi connectivity index (χ3v) is 5.97. The van der Waals surface area contributed by atoms with E-state index in [4.69, 9.17) is 21.1 Å². The highest BCUT2D eigenvalue weighted by molar-refractivity contribution is 6.33. The predicted octanol–water partition coefficient (Wildman–Crippen LogP) is 4.01. The minimum Gasteiger partial charge on any atom is -0.495 e. The zero-order valence-electron chi connectivity index (χ0n) is 20.8. The first kappa shape index (κ1) is 26.0. The number of methoxy groups -OCH3 is 1. The van der Waals surface area contributed by atoms with E-state index in [2.05, 4.69) is 42.7 Å². The van der Waals surface area contributed by atoms with Gasteiger partial charge in [0.1, 0.15) is 24.0 Å². The molecule has 1 atom stereocenters. The third-order valence-electron chi connectivity index (χ3n) is 5.55. The summed E-state index contributed by atoms with van der Waals surface area (Å²) in [5.41, 5.74) is 1.59. The fourth-order valence-corrected chi connectivity index (χ4v) is 4.09. The van der Waals surface area contributed by atoms with E-state index >= 15 is 0 Å². The highest BCUT2D eigenvalue weighted by Gasteiger charge is 2.22. The normalized spacial score (nSPS) is 14.9. The molecule has 4 rings (SSSR count). The molecule has 3 N–H and O–H groups in total. The SMILES string of the molecule is CNC(=O)c1cc(OC)c(Cl)c(COc2cnc(Nc3ccc(N4C=C(C)N[C@@H](C)C4)nc3)nc2)c1F. The van der Waals surface area contributed by atoms with Crippen LogP contribution in [0, 0.1) is 5.82 Å². The Bertz CT molecular complexity index is 1300. The predicted molar refractivity (Wildman–Crippen MR) is 139 cm³/mol. The largest absolute Gasteiger partial charge is 0.495 e. The van der Waals surface area contributed by atoms with Crippen molar-refractivity contribution in [3.8, 4) is 11.5 Å². The van der Waals surface area contributed by atoms with Crippen molar-refractivity contribution in [2.75, 3.05) is 30.9 Å². The zero-order chi connectivity index (χ0) is 26.5. The first-order chi connectivity index (χ1) is 17.8. The average molecular weight is 528 g/mol. The van der Waals surface area contributed by atoms with Crippen molar-refractivity contribution in [3.05, 3.63) is 70.7 Å². The molecule has 0 unspecified atom stereocenters. The van der Waals surface area contributed by atoms with Gasteiger partial charge in [0.2, 0.25) is 5.95 Å². The topological polar surface area (TPSA) is 114 Å². The quantitative estimate of drug-likeness (QED) is 0.399. The van der Waals surface area contributed by atoms with Crippen LogP contribution in [-0.4, -0.2) is 47.6 Å². The number of hydrogen-bond donors (Lipinski definition) is 3. The molecule has 12 heteroatoms. The van der Waals surface area contributed by atoms with Crippen LogP contribution in [-0.2, 0) is 6.61 Å². The highest BCUT2D eigenvalue weighted by Crippen LogP contribution is 2.33. The molecule has 2 aromatic heterocycles. The Kier molecular flexibility index (Phi) is 7.92. The lowest BCUT2D eigenvalue weighted by Crippen LogP contribution is -2.41. The van der Waals surface area contributed by atoms with Gasteiger partial charge in [-0.15, -0.1) is 0 Å². The molecule has 0 spiro atoms. The lowest BCUT2D eigenvalue weighted by molar-refractivity contribution is 0.0958. The fourth-order valence-electron chi connectivity index (χ4n) is 3.82. The van der Waals surface area contributed by atoms with Crippen molar-refractivity contribution in [3.63, 3.8) is 0 Å². The number of amides is 1. The van der Waals surface area contributed by atoms with Gasteiger partial charge in [0.15, 0.2) is 5.75 Å². The maximum atomic E-state index is 14.9. The Balaban J connectivity index is 1.41. The second-order valence-corrected chi connectivity index (χ2v) is 8.76. The van der Waals surface area contributed by atoms with Crippen LogP contribution >= 0.6 is 11.6 Å². The Labute approximate surface area is 218 Å². The summed E-state index contributed by atoms with van der Waals surface area (Å²) in [7, 11) is 2.78. The summed E-state index contributed by atoms with van der Waals surface area (Å²) in [6, 6.07) is 5.38. The summed E-state index contributed by atoms with van der Waals surface area (Å²) in [5.74, 6) is 0.222. The van der Waals surface area contributed by atoms with Gasteiger partial charge in [-0.05, 0) is 32.0 Å². The minimum absolute atomic E-state index is 0.0168. The number of pyridine rings is 1. The maximum absolute atomic E-state index is 14.9. The fraction of sp³-hybridized carbons (Fsp3) is 0.280.